The van der Waals surface area contributed by atoms with E-state index in [2.05, 4.69) is 26.0 Å². The van der Waals surface area contributed by atoms with Gasteiger partial charge >= 0.3 is 0 Å². The zero-order chi connectivity index (χ0) is 16.7. The van der Waals surface area contributed by atoms with E-state index < -0.39 is 34.9 Å². The van der Waals surface area contributed by atoms with Crippen LogP contribution in [0.5, 0.6) is 0 Å². The van der Waals surface area contributed by atoms with Crippen molar-refractivity contribution in [3.63, 3.8) is 0 Å². The van der Waals surface area contributed by atoms with Gasteiger partial charge in [0.25, 0.3) is 5.91 Å². The molecular formula is C13H5BrF4N4O. The summed E-state index contributed by atoms with van der Waals surface area (Å²) in [5, 5.41) is 5.62. The number of benzene rings is 1. The van der Waals surface area contributed by atoms with Gasteiger partial charge in [-0.05, 0) is 15.9 Å². The van der Waals surface area contributed by atoms with Crippen molar-refractivity contribution in [2.24, 2.45) is 0 Å². The summed E-state index contributed by atoms with van der Waals surface area (Å²) in [7, 11) is 0. The van der Waals surface area contributed by atoms with Gasteiger partial charge in [0.1, 0.15) is 5.69 Å². The number of aromatic nitrogens is 3. The molecule has 23 heavy (non-hydrogen) atoms. The van der Waals surface area contributed by atoms with Gasteiger partial charge in [0.15, 0.2) is 34.6 Å². The minimum atomic E-state index is -1.71. The molecule has 1 N–H and O–H groups in total. The molecule has 118 valence electrons. The number of rotatable bonds is 2. The van der Waals surface area contributed by atoms with E-state index in [4.69, 9.17) is 0 Å². The maximum Gasteiger partial charge on any atom is 0.276 e. The van der Waals surface area contributed by atoms with Gasteiger partial charge in [0.05, 0.1) is 4.47 Å². The summed E-state index contributed by atoms with van der Waals surface area (Å²) in [5.74, 6) is -7.71. The zero-order valence-electron chi connectivity index (χ0n) is 10.9. The number of carbonyl (C=O) groups excluding carboxylic acids is 1. The third-order valence-corrected chi connectivity index (χ3v) is 3.27. The molecule has 1 aromatic carbocycles. The number of nitrogens with one attached hydrogen (secondary N) is 1. The summed E-state index contributed by atoms with van der Waals surface area (Å²) in [6.45, 7) is 0. The van der Waals surface area contributed by atoms with Crippen LogP contribution in [0.3, 0.4) is 0 Å². The highest BCUT2D eigenvalue weighted by Gasteiger charge is 2.22. The Hall–Kier alpha value is -2.49. The smallest absolute Gasteiger partial charge is 0.276 e. The average molecular weight is 389 g/mol. The van der Waals surface area contributed by atoms with Gasteiger partial charge in [-0.3, -0.25) is 4.79 Å². The fraction of sp³-hybridized carbons (Fsp3) is 0. The van der Waals surface area contributed by atoms with Gasteiger partial charge in [0, 0.05) is 24.5 Å². The normalized spacial score (nSPS) is 11.0. The molecule has 0 saturated heterocycles. The summed E-state index contributed by atoms with van der Waals surface area (Å²) in [4.78, 5) is 16.0. The van der Waals surface area contributed by atoms with Crippen LogP contribution in [0.1, 0.15) is 10.5 Å². The first-order valence-corrected chi connectivity index (χ1v) is 6.81. The lowest BCUT2D eigenvalue weighted by Crippen LogP contribution is -2.16. The Balaban J connectivity index is 1.98. The topological polar surface area (TPSA) is 59.3 Å². The summed E-state index contributed by atoms with van der Waals surface area (Å²) >= 11 is 3.16. The largest absolute Gasteiger partial charge is 0.315 e. The van der Waals surface area contributed by atoms with Crippen molar-refractivity contribution >= 4 is 33.2 Å². The molecule has 0 aliphatic heterocycles. The first-order valence-electron chi connectivity index (χ1n) is 6.02. The highest BCUT2D eigenvalue weighted by Crippen LogP contribution is 2.24. The van der Waals surface area contributed by atoms with Gasteiger partial charge in [-0.2, -0.15) is 5.10 Å². The predicted octanol–water partition coefficient (Wildman–Crippen LogP) is 3.30. The minimum absolute atomic E-state index is 0.0483. The molecule has 5 nitrogen and oxygen atoms in total. The van der Waals surface area contributed by atoms with E-state index in [1.54, 1.807) is 5.32 Å². The fourth-order valence-corrected chi connectivity index (χ4v) is 2.12. The Kier molecular flexibility index (Phi) is 3.76. The molecule has 3 aromatic rings. The second-order valence-corrected chi connectivity index (χ2v) is 5.32. The van der Waals surface area contributed by atoms with Gasteiger partial charge in [-0.25, -0.2) is 27.1 Å². The van der Waals surface area contributed by atoms with Crippen LogP contribution in [0.25, 0.3) is 5.65 Å². The average Bonchev–Trinajstić information content (AvgIpc) is 2.92. The van der Waals surface area contributed by atoms with Crippen LogP contribution in [0.15, 0.2) is 29.0 Å². The van der Waals surface area contributed by atoms with Crippen LogP contribution in [0.2, 0.25) is 0 Å². The quantitative estimate of drug-likeness (QED) is 0.541. The number of fused-ring (bicyclic) bond motifs is 1. The number of nitrogens with zero attached hydrogens (tertiary/aromatic N) is 3. The van der Waals surface area contributed by atoms with Crippen molar-refractivity contribution in [2.45, 2.75) is 0 Å². The zero-order valence-corrected chi connectivity index (χ0v) is 12.5. The summed E-state index contributed by atoms with van der Waals surface area (Å²) < 4.78 is 55.1. The van der Waals surface area contributed by atoms with Crippen molar-refractivity contribution in [1.82, 2.24) is 14.6 Å². The Morgan fingerprint density at radius 3 is 2.43 bits per heavy atom. The highest BCUT2D eigenvalue weighted by atomic mass is 79.9. The molecular weight excluding hydrogens is 384 g/mol. The van der Waals surface area contributed by atoms with Crippen LogP contribution < -0.4 is 5.32 Å². The monoisotopic (exact) mass is 388 g/mol. The third kappa shape index (κ3) is 2.77. The molecule has 0 radical (unpaired) electrons. The molecule has 0 atom stereocenters. The second-order valence-electron chi connectivity index (χ2n) is 4.40. The van der Waals surface area contributed by atoms with E-state index in [0.717, 1.165) is 0 Å². The SMILES string of the molecule is O=C(Nc1c(F)c(F)cc(F)c1F)c1cc2ncc(Br)cn2n1. The van der Waals surface area contributed by atoms with Crippen LogP contribution in [-0.4, -0.2) is 20.5 Å². The number of hydrogen-bond donors (Lipinski definition) is 1. The lowest BCUT2D eigenvalue weighted by atomic mass is 10.2. The Labute approximate surface area is 134 Å². The van der Waals surface area contributed by atoms with Gasteiger partial charge < -0.3 is 5.32 Å². The van der Waals surface area contributed by atoms with Crippen molar-refractivity contribution in [3.05, 3.63) is 58.0 Å². The minimum Gasteiger partial charge on any atom is -0.315 e. The molecule has 2 aromatic heterocycles. The third-order valence-electron chi connectivity index (χ3n) is 2.86. The van der Waals surface area contributed by atoms with Gasteiger partial charge in [-0.15, -0.1) is 0 Å². The van der Waals surface area contributed by atoms with E-state index in [-0.39, 0.29) is 11.8 Å². The molecule has 0 saturated carbocycles. The lowest BCUT2D eigenvalue weighted by Gasteiger charge is -2.07. The molecule has 0 bridgehead atoms. The van der Waals surface area contributed by atoms with E-state index in [1.165, 1.54) is 23.0 Å². The van der Waals surface area contributed by atoms with Crippen molar-refractivity contribution in [3.8, 4) is 0 Å². The van der Waals surface area contributed by atoms with Crippen LogP contribution in [0, 0.1) is 23.3 Å². The lowest BCUT2D eigenvalue weighted by molar-refractivity contribution is 0.102. The van der Waals surface area contributed by atoms with E-state index >= 15 is 0 Å². The molecule has 10 heteroatoms. The van der Waals surface area contributed by atoms with Gasteiger partial charge in [0.2, 0.25) is 0 Å². The van der Waals surface area contributed by atoms with Crippen molar-refractivity contribution in [1.29, 1.82) is 0 Å². The van der Waals surface area contributed by atoms with Gasteiger partial charge in [-0.1, -0.05) is 0 Å². The number of hydrogen-bond acceptors (Lipinski definition) is 3. The number of amides is 1. The first-order chi connectivity index (χ1) is 10.9. The standard InChI is InChI=1S/C13H5BrF4N4O/c14-5-3-19-9-2-8(21-22(9)4-5)13(23)20-12-10(17)6(15)1-7(16)11(12)18/h1-4H,(H,20,23). The first kappa shape index (κ1) is 15.4. The van der Waals surface area contributed by atoms with E-state index in [9.17, 15) is 22.4 Å². The molecule has 0 aliphatic rings. The van der Waals surface area contributed by atoms with Crippen LogP contribution in [0.4, 0.5) is 23.2 Å². The van der Waals surface area contributed by atoms with Crippen LogP contribution in [-0.2, 0) is 0 Å². The summed E-state index contributed by atoms with van der Waals surface area (Å²) in [6.07, 6.45) is 2.96. The molecule has 3 rings (SSSR count). The number of halogens is 5. The molecule has 0 spiro atoms. The van der Waals surface area contributed by atoms with Crippen LogP contribution >= 0.6 is 15.9 Å². The van der Waals surface area contributed by atoms with Crippen molar-refractivity contribution < 1.29 is 22.4 Å². The molecule has 0 fully saturated rings. The Bertz CT molecular complexity index is 917. The maximum atomic E-state index is 13.5. The van der Waals surface area contributed by atoms with E-state index in [1.807, 2.05) is 0 Å². The number of anilines is 1. The molecule has 0 aliphatic carbocycles. The fourth-order valence-electron chi connectivity index (χ4n) is 1.83. The maximum absolute atomic E-state index is 13.5. The summed E-state index contributed by atoms with van der Waals surface area (Å²) in [5.41, 5.74) is -1.16. The Morgan fingerprint density at radius 1 is 1.13 bits per heavy atom. The number of carbonyl (C=O) groups is 1. The highest BCUT2D eigenvalue weighted by molar-refractivity contribution is 9.10. The molecule has 2 heterocycles. The second kappa shape index (κ2) is 5.61. The predicted molar refractivity (Wildman–Crippen MR) is 74.9 cm³/mol. The Morgan fingerprint density at radius 2 is 1.78 bits per heavy atom. The van der Waals surface area contributed by atoms with E-state index in [0.29, 0.717) is 10.1 Å². The molecule has 0 unspecified atom stereocenters. The van der Waals surface area contributed by atoms with Crippen molar-refractivity contribution in [2.75, 3.05) is 5.32 Å². The molecule has 1 amide bonds. The summed E-state index contributed by atoms with van der Waals surface area (Å²) in [6, 6.07) is 1.29.